The summed E-state index contributed by atoms with van der Waals surface area (Å²) in [6.07, 6.45) is 1.53. The first-order valence-electron chi connectivity index (χ1n) is 12.6. The fraction of sp³-hybridized carbons (Fsp3) is 0.321. The highest BCUT2D eigenvalue weighted by Crippen LogP contribution is 2.44. The molecule has 2 aromatic rings. The Morgan fingerprint density at radius 1 is 1.03 bits per heavy atom. The molecule has 0 unspecified atom stereocenters. The zero-order valence-corrected chi connectivity index (χ0v) is 22.0. The molecule has 0 fully saturated rings. The number of ether oxygens (including phenoxy) is 2. The molecular formula is C28H33N5O6. The summed E-state index contributed by atoms with van der Waals surface area (Å²) in [4.78, 5) is 49.4. The zero-order chi connectivity index (χ0) is 28.2. The summed E-state index contributed by atoms with van der Waals surface area (Å²) in [7, 11) is 1.39. The predicted molar refractivity (Wildman–Crippen MR) is 146 cm³/mol. The van der Waals surface area contributed by atoms with Crippen molar-refractivity contribution in [3.63, 3.8) is 0 Å². The molecule has 0 aromatic heterocycles. The van der Waals surface area contributed by atoms with Gasteiger partial charge in [-0.3, -0.25) is 9.59 Å². The maximum absolute atomic E-state index is 12.9. The highest BCUT2D eigenvalue weighted by atomic mass is 16.5. The molecule has 0 heterocycles. The lowest BCUT2D eigenvalue weighted by atomic mass is 9.98. The van der Waals surface area contributed by atoms with Gasteiger partial charge in [-0.15, -0.1) is 0 Å². The molecule has 206 valence electrons. The molecule has 0 bridgehead atoms. The van der Waals surface area contributed by atoms with Crippen LogP contribution in [0.25, 0.3) is 11.1 Å². The van der Waals surface area contributed by atoms with Crippen LogP contribution < -0.4 is 21.4 Å². The van der Waals surface area contributed by atoms with E-state index in [-0.39, 0.29) is 24.8 Å². The summed E-state index contributed by atoms with van der Waals surface area (Å²) in [5, 5.41) is 11.3. The summed E-state index contributed by atoms with van der Waals surface area (Å²) in [5.74, 6) is -1.58. The number of alkyl carbamates (subject to hydrolysis) is 1. The molecule has 0 saturated heterocycles. The average molecular weight is 536 g/mol. The second-order valence-corrected chi connectivity index (χ2v) is 8.65. The smallest absolute Gasteiger partial charge is 0.407 e. The average Bonchev–Trinajstić information content (AvgIpc) is 3.27. The van der Waals surface area contributed by atoms with Crippen LogP contribution in [-0.4, -0.2) is 62.6 Å². The Kier molecular flexibility index (Phi) is 10.6. The largest absolute Gasteiger partial charge is 0.460 e. The summed E-state index contributed by atoms with van der Waals surface area (Å²) >= 11 is 0. The van der Waals surface area contributed by atoms with Gasteiger partial charge >= 0.3 is 18.1 Å². The van der Waals surface area contributed by atoms with Gasteiger partial charge in [-0.2, -0.15) is 5.10 Å². The van der Waals surface area contributed by atoms with Crippen molar-refractivity contribution in [2.45, 2.75) is 31.7 Å². The van der Waals surface area contributed by atoms with Gasteiger partial charge in [-0.1, -0.05) is 74.5 Å². The molecule has 3 rings (SSSR count). The van der Waals surface area contributed by atoms with Crippen molar-refractivity contribution in [2.24, 2.45) is 5.10 Å². The number of rotatable bonds is 12. The molecule has 11 nitrogen and oxygen atoms in total. The number of amides is 4. The molecule has 0 saturated carbocycles. The number of nitrogens with one attached hydrogen (secondary N) is 4. The van der Waals surface area contributed by atoms with E-state index in [1.165, 1.54) is 13.1 Å². The van der Waals surface area contributed by atoms with Crippen molar-refractivity contribution in [1.82, 2.24) is 21.4 Å². The molecule has 1 aliphatic rings. The third-order valence-electron chi connectivity index (χ3n) is 6.04. The Hall–Kier alpha value is -4.67. The lowest BCUT2D eigenvalue weighted by molar-refractivity contribution is -0.142. The van der Waals surface area contributed by atoms with E-state index in [4.69, 9.17) is 9.47 Å². The lowest BCUT2D eigenvalue weighted by Gasteiger charge is -2.21. The summed E-state index contributed by atoms with van der Waals surface area (Å²) in [6.45, 7) is 4.97. The molecule has 39 heavy (non-hydrogen) atoms. The van der Waals surface area contributed by atoms with E-state index in [1.807, 2.05) is 55.5 Å². The minimum Gasteiger partial charge on any atom is -0.460 e. The van der Waals surface area contributed by atoms with E-state index >= 15 is 0 Å². The van der Waals surface area contributed by atoms with Crippen LogP contribution in [0.2, 0.25) is 0 Å². The van der Waals surface area contributed by atoms with Crippen molar-refractivity contribution in [2.75, 3.05) is 26.8 Å². The molecule has 4 N–H and O–H groups in total. The van der Waals surface area contributed by atoms with Crippen LogP contribution in [0.1, 0.15) is 36.8 Å². The van der Waals surface area contributed by atoms with Gasteiger partial charge in [-0.25, -0.2) is 15.0 Å². The fourth-order valence-corrected chi connectivity index (χ4v) is 4.25. The Morgan fingerprint density at radius 2 is 1.67 bits per heavy atom. The van der Waals surface area contributed by atoms with Gasteiger partial charge in [0.1, 0.15) is 25.5 Å². The Bertz CT molecular complexity index is 1200. The van der Waals surface area contributed by atoms with Crippen LogP contribution in [0, 0.1) is 0 Å². The molecule has 4 amide bonds. The first kappa shape index (κ1) is 28.9. The Morgan fingerprint density at radius 3 is 2.26 bits per heavy atom. The van der Waals surface area contributed by atoms with Crippen molar-refractivity contribution in [3.05, 3.63) is 72.3 Å². The third-order valence-corrected chi connectivity index (χ3v) is 6.04. The van der Waals surface area contributed by atoms with Gasteiger partial charge in [0.05, 0.1) is 6.04 Å². The Labute approximate surface area is 227 Å². The van der Waals surface area contributed by atoms with Gasteiger partial charge in [0, 0.05) is 13.0 Å². The third kappa shape index (κ3) is 7.67. The van der Waals surface area contributed by atoms with Gasteiger partial charge in [0.2, 0.25) is 0 Å². The lowest BCUT2D eigenvalue weighted by Crippen LogP contribution is -2.50. The molecule has 2 aromatic carbocycles. The second-order valence-electron chi connectivity index (χ2n) is 8.65. The minimum atomic E-state index is -0.910. The molecule has 0 aliphatic heterocycles. The number of carbonyl (C=O) groups excluding carboxylic acids is 4. The predicted octanol–water partition coefficient (Wildman–Crippen LogP) is 2.82. The number of carbonyl (C=O) groups is 4. The standard InChI is InChI=1S/C28H33N5O6/c1-4-10-23(25(32-33-27(36)29-3)26(35)30-16-24(34)38-15-5-2)31-28(37)39-17-22-20-13-8-6-11-18(20)19-12-7-9-14-21(19)22/h5-9,11-14,22-23H,2,4,10,15-17H2,1,3H3,(H,30,35)(H,31,37)(H2,29,33,36)/b32-25-/t23-/m0/s1. The number of benzene rings is 2. The first-order valence-corrected chi connectivity index (χ1v) is 12.6. The monoisotopic (exact) mass is 535 g/mol. The maximum atomic E-state index is 12.9. The van der Waals surface area contributed by atoms with Crippen molar-refractivity contribution >= 4 is 29.7 Å². The molecular weight excluding hydrogens is 502 g/mol. The van der Waals surface area contributed by atoms with Crippen molar-refractivity contribution in [1.29, 1.82) is 0 Å². The molecule has 0 spiro atoms. The molecule has 0 radical (unpaired) electrons. The normalized spacial score (nSPS) is 12.8. The van der Waals surface area contributed by atoms with Crippen LogP contribution in [0.4, 0.5) is 9.59 Å². The van der Waals surface area contributed by atoms with E-state index in [0.717, 1.165) is 22.3 Å². The molecule has 11 heteroatoms. The molecule has 1 aliphatic carbocycles. The number of nitrogens with zero attached hydrogens (tertiary/aromatic N) is 1. The maximum Gasteiger partial charge on any atom is 0.407 e. The van der Waals surface area contributed by atoms with E-state index in [2.05, 4.69) is 33.1 Å². The SMILES string of the molecule is C=CCOC(=O)CNC(=O)/C(=N\NC(=O)NC)[C@H](CCC)NC(=O)OCC1c2ccccc2-c2ccccc21. The topological polar surface area (TPSA) is 147 Å². The summed E-state index contributed by atoms with van der Waals surface area (Å²) < 4.78 is 10.5. The van der Waals surface area contributed by atoms with E-state index in [0.29, 0.717) is 12.8 Å². The van der Waals surface area contributed by atoms with Crippen LogP contribution in [0.5, 0.6) is 0 Å². The van der Waals surface area contributed by atoms with E-state index in [9.17, 15) is 19.2 Å². The van der Waals surface area contributed by atoms with E-state index in [1.54, 1.807) is 0 Å². The number of hydrogen-bond acceptors (Lipinski definition) is 7. The minimum absolute atomic E-state index is 0.00429. The quantitative estimate of drug-likeness (QED) is 0.142. The summed E-state index contributed by atoms with van der Waals surface area (Å²) in [5.41, 5.74) is 6.33. The second kappa shape index (κ2) is 14.3. The number of hydrazone groups is 1. The highest BCUT2D eigenvalue weighted by molar-refractivity contribution is 6.41. The van der Waals surface area contributed by atoms with Gasteiger partial charge in [-0.05, 0) is 28.7 Å². The van der Waals surface area contributed by atoms with Gasteiger partial charge in [0.15, 0.2) is 0 Å². The van der Waals surface area contributed by atoms with E-state index < -0.39 is 36.6 Å². The summed E-state index contributed by atoms with van der Waals surface area (Å²) in [6, 6.07) is 14.4. The highest BCUT2D eigenvalue weighted by Gasteiger charge is 2.30. The van der Waals surface area contributed by atoms with Gasteiger partial charge < -0.3 is 25.4 Å². The number of hydrogen-bond donors (Lipinski definition) is 4. The number of urea groups is 1. The first-order chi connectivity index (χ1) is 18.9. The van der Waals surface area contributed by atoms with Crippen molar-refractivity contribution in [3.8, 4) is 11.1 Å². The number of esters is 1. The van der Waals surface area contributed by atoms with Crippen LogP contribution in [0.3, 0.4) is 0 Å². The molecule has 1 atom stereocenters. The fourth-order valence-electron chi connectivity index (χ4n) is 4.25. The van der Waals surface area contributed by atoms with Crippen LogP contribution in [-0.2, 0) is 19.1 Å². The van der Waals surface area contributed by atoms with Crippen LogP contribution >= 0.6 is 0 Å². The van der Waals surface area contributed by atoms with Gasteiger partial charge in [0.25, 0.3) is 5.91 Å². The Balaban J connectivity index is 1.71. The van der Waals surface area contributed by atoms with Crippen molar-refractivity contribution < 1.29 is 28.7 Å². The zero-order valence-electron chi connectivity index (χ0n) is 22.0. The van der Waals surface area contributed by atoms with Crippen LogP contribution in [0.15, 0.2) is 66.3 Å². The number of fused-ring (bicyclic) bond motifs is 3.